The maximum Gasteiger partial charge on any atom is 0.416 e. The fourth-order valence-corrected chi connectivity index (χ4v) is 4.93. The maximum absolute atomic E-state index is 12.8. The Kier molecular flexibility index (Phi) is 7.21. The summed E-state index contributed by atoms with van der Waals surface area (Å²) in [5.41, 5.74) is 0.468. The first-order valence-electron chi connectivity index (χ1n) is 11.2. The van der Waals surface area contributed by atoms with E-state index in [2.05, 4.69) is 12.2 Å². The highest BCUT2D eigenvalue weighted by Gasteiger charge is 2.30. The van der Waals surface area contributed by atoms with Gasteiger partial charge in [-0.05, 0) is 49.1 Å². The minimum absolute atomic E-state index is 0.0873. The molecule has 0 spiro atoms. The number of hydrogen-bond acceptors (Lipinski definition) is 3. The number of alkyl halides is 3. The molecular weight excluding hydrogens is 463 g/mol. The third-order valence-corrected chi connectivity index (χ3v) is 7.09. The number of anilines is 1. The van der Waals surface area contributed by atoms with Crippen LogP contribution >= 0.6 is 11.8 Å². The molecule has 0 saturated carbocycles. The number of likely N-dealkylation sites (tertiary alicyclic amines) is 1. The van der Waals surface area contributed by atoms with E-state index in [0.29, 0.717) is 11.6 Å². The Hall–Kier alpha value is -2.94. The third kappa shape index (κ3) is 5.75. The van der Waals surface area contributed by atoms with Crippen LogP contribution in [0.15, 0.2) is 59.6 Å². The van der Waals surface area contributed by atoms with Gasteiger partial charge >= 0.3 is 6.18 Å². The number of piperidine rings is 1. The van der Waals surface area contributed by atoms with Gasteiger partial charge in [-0.25, -0.2) is 0 Å². The number of thioether (sulfide) groups is 1. The van der Waals surface area contributed by atoms with Crippen molar-refractivity contribution >= 4 is 40.2 Å². The second kappa shape index (κ2) is 10.1. The van der Waals surface area contributed by atoms with Gasteiger partial charge in [0.2, 0.25) is 11.8 Å². The molecule has 0 atom stereocenters. The van der Waals surface area contributed by atoms with Gasteiger partial charge in [-0.2, -0.15) is 13.2 Å². The Bertz CT molecular complexity index is 1170. The number of carbonyl (C=O) groups is 2. The summed E-state index contributed by atoms with van der Waals surface area (Å²) >= 11 is 1.33. The molecule has 1 N–H and O–H groups in total. The van der Waals surface area contributed by atoms with Crippen LogP contribution in [-0.2, 0) is 22.3 Å². The van der Waals surface area contributed by atoms with E-state index in [-0.39, 0.29) is 24.1 Å². The highest BCUT2D eigenvalue weighted by atomic mass is 32.2. The third-order valence-electron chi connectivity index (χ3n) is 6.05. The molecule has 1 fully saturated rings. The number of hydrogen-bond donors (Lipinski definition) is 1. The van der Waals surface area contributed by atoms with Crippen molar-refractivity contribution in [2.45, 2.75) is 37.4 Å². The molecule has 34 heavy (non-hydrogen) atoms. The molecule has 0 unspecified atom stereocenters. The zero-order valence-corrected chi connectivity index (χ0v) is 19.6. The van der Waals surface area contributed by atoms with Gasteiger partial charge in [-0.1, -0.05) is 25.1 Å². The van der Waals surface area contributed by atoms with Crippen molar-refractivity contribution in [3.05, 3.63) is 60.3 Å². The van der Waals surface area contributed by atoms with Crippen molar-refractivity contribution in [3.8, 4) is 0 Å². The Labute approximate surface area is 200 Å². The molecular formula is C25H26F3N3O2S. The first-order valence-corrected chi connectivity index (χ1v) is 12.1. The lowest BCUT2D eigenvalue weighted by molar-refractivity contribution is -0.137. The standard InChI is InChI=1S/C25H26F3N3O2S/c1-17-10-12-30(13-11-17)24(33)15-31-14-22(20-4-2-3-5-21(20)31)34-16-23(32)29-19-8-6-18(7-9-19)25(26,27)28/h2-9,14,17H,10-13,15-16H2,1H3,(H,29,32). The number of nitrogens with zero attached hydrogens (tertiary/aromatic N) is 2. The highest BCUT2D eigenvalue weighted by molar-refractivity contribution is 8.00. The second-order valence-electron chi connectivity index (χ2n) is 8.61. The van der Waals surface area contributed by atoms with Crippen LogP contribution in [0.1, 0.15) is 25.3 Å². The van der Waals surface area contributed by atoms with Gasteiger partial charge in [0.15, 0.2) is 0 Å². The minimum atomic E-state index is -4.42. The number of carbonyl (C=O) groups excluding carboxylic acids is 2. The Balaban J connectivity index is 1.40. The fourth-order valence-electron chi connectivity index (χ4n) is 4.05. The zero-order valence-electron chi connectivity index (χ0n) is 18.8. The van der Waals surface area contributed by atoms with Gasteiger partial charge in [0.1, 0.15) is 6.54 Å². The van der Waals surface area contributed by atoms with E-state index in [1.165, 1.54) is 23.9 Å². The summed E-state index contributed by atoms with van der Waals surface area (Å²) in [4.78, 5) is 28.0. The van der Waals surface area contributed by atoms with Crippen molar-refractivity contribution in [3.63, 3.8) is 0 Å². The molecule has 1 aliphatic rings. The molecule has 1 saturated heterocycles. The molecule has 1 aliphatic heterocycles. The van der Waals surface area contributed by atoms with Crippen LogP contribution in [0.3, 0.4) is 0 Å². The molecule has 180 valence electrons. The van der Waals surface area contributed by atoms with E-state index in [1.54, 1.807) is 0 Å². The van der Waals surface area contributed by atoms with Crippen LogP contribution < -0.4 is 5.32 Å². The summed E-state index contributed by atoms with van der Waals surface area (Å²) in [6.07, 6.45) is -0.480. The highest BCUT2D eigenvalue weighted by Crippen LogP contribution is 2.31. The van der Waals surface area contributed by atoms with Crippen LogP contribution in [0, 0.1) is 5.92 Å². The second-order valence-corrected chi connectivity index (χ2v) is 9.63. The number of nitrogens with one attached hydrogen (secondary N) is 1. The summed E-state index contributed by atoms with van der Waals surface area (Å²) < 4.78 is 40.0. The molecule has 1 aromatic heterocycles. The Morgan fingerprint density at radius 1 is 1.06 bits per heavy atom. The number of benzene rings is 2. The smallest absolute Gasteiger partial charge is 0.341 e. The summed E-state index contributed by atoms with van der Waals surface area (Å²) in [5.74, 6) is 0.505. The Morgan fingerprint density at radius 3 is 2.41 bits per heavy atom. The van der Waals surface area contributed by atoms with E-state index in [0.717, 1.165) is 53.9 Å². The lowest BCUT2D eigenvalue weighted by Crippen LogP contribution is -2.39. The van der Waals surface area contributed by atoms with Crippen LogP contribution in [-0.4, -0.2) is 40.1 Å². The van der Waals surface area contributed by atoms with Crippen LogP contribution in [0.2, 0.25) is 0 Å². The predicted octanol–water partition coefficient (Wildman–Crippen LogP) is 5.65. The lowest BCUT2D eigenvalue weighted by atomic mass is 9.99. The van der Waals surface area contributed by atoms with Gasteiger partial charge < -0.3 is 14.8 Å². The summed E-state index contributed by atoms with van der Waals surface area (Å²) in [5, 5.41) is 3.58. The first kappa shape index (κ1) is 24.2. The monoisotopic (exact) mass is 489 g/mol. The maximum atomic E-state index is 12.8. The van der Waals surface area contributed by atoms with Gasteiger partial charge in [0.05, 0.1) is 11.3 Å². The number of aromatic nitrogens is 1. The largest absolute Gasteiger partial charge is 0.416 e. The van der Waals surface area contributed by atoms with Crippen molar-refractivity contribution < 1.29 is 22.8 Å². The molecule has 0 radical (unpaired) electrons. The van der Waals surface area contributed by atoms with E-state index < -0.39 is 11.7 Å². The Morgan fingerprint density at radius 2 is 1.74 bits per heavy atom. The van der Waals surface area contributed by atoms with Crippen molar-refractivity contribution in [2.24, 2.45) is 5.92 Å². The topological polar surface area (TPSA) is 54.3 Å². The SMILES string of the molecule is CC1CCN(C(=O)Cn2cc(SCC(=O)Nc3ccc(C(F)(F)F)cc3)c3ccccc32)CC1. The predicted molar refractivity (Wildman–Crippen MR) is 128 cm³/mol. The normalized spacial score (nSPS) is 15.0. The van der Waals surface area contributed by atoms with E-state index in [4.69, 9.17) is 0 Å². The molecule has 0 bridgehead atoms. The molecule has 5 nitrogen and oxygen atoms in total. The molecule has 3 aromatic rings. The number of halogens is 3. The van der Waals surface area contributed by atoms with Crippen molar-refractivity contribution in [1.82, 2.24) is 9.47 Å². The first-order chi connectivity index (χ1) is 16.2. The van der Waals surface area contributed by atoms with E-state index >= 15 is 0 Å². The molecule has 2 aromatic carbocycles. The lowest BCUT2D eigenvalue weighted by Gasteiger charge is -2.30. The molecule has 2 heterocycles. The molecule has 4 rings (SSSR count). The minimum Gasteiger partial charge on any atom is -0.341 e. The number of amides is 2. The summed E-state index contributed by atoms with van der Waals surface area (Å²) in [6, 6.07) is 12.1. The van der Waals surface area contributed by atoms with E-state index in [1.807, 2.05) is 39.9 Å². The fraction of sp³-hybridized carbons (Fsp3) is 0.360. The van der Waals surface area contributed by atoms with Gasteiger partial charge in [-0.3, -0.25) is 9.59 Å². The molecule has 9 heteroatoms. The van der Waals surface area contributed by atoms with Gasteiger partial charge in [-0.15, -0.1) is 11.8 Å². The van der Waals surface area contributed by atoms with Crippen LogP contribution in [0.4, 0.5) is 18.9 Å². The number of para-hydroxylation sites is 1. The van der Waals surface area contributed by atoms with Crippen molar-refractivity contribution in [1.29, 1.82) is 0 Å². The number of rotatable bonds is 6. The average molecular weight is 490 g/mol. The summed E-state index contributed by atoms with van der Waals surface area (Å²) in [6.45, 7) is 4.02. The molecule has 0 aliphatic carbocycles. The van der Waals surface area contributed by atoms with Crippen LogP contribution in [0.5, 0.6) is 0 Å². The van der Waals surface area contributed by atoms with Crippen LogP contribution in [0.25, 0.3) is 10.9 Å². The number of fused-ring (bicyclic) bond motifs is 1. The summed E-state index contributed by atoms with van der Waals surface area (Å²) in [7, 11) is 0. The van der Waals surface area contributed by atoms with Crippen molar-refractivity contribution in [2.75, 3.05) is 24.2 Å². The van der Waals surface area contributed by atoms with E-state index in [9.17, 15) is 22.8 Å². The van der Waals surface area contributed by atoms with Gasteiger partial charge in [0.25, 0.3) is 0 Å². The quantitative estimate of drug-likeness (QED) is 0.456. The average Bonchev–Trinajstić information content (AvgIpc) is 3.15. The zero-order chi connectivity index (χ0) is 24.3. The molecule has 2 amide bonds. The van der Waals surface area contributed by atoms with Gasteiger partial charge in [0, 0.05) is 40.8 Å².